The van der Waals surface area contributed by atoms with Crippen molar-refractivity contribution >= 4 is 16.0 Å². The van der Waals surface area contributed by atoms with E-state index in [1.165, 1.54) is 38.5 Å². The summed E-state index contributed by atoms with van der Waals surface area (Å²) >= 11 is 0. The van der Waals surface area contributed by atoms with Crippen LogP contribution in [0.15, 0.2) is 11.6 Å². The van der Waals surface area contributed by atoms with Gasteiger partial charge >= 0.3 is 5.97 Å². The van der Waals surface area contributed by atoms with E-state index < -0.39 is 22.3 Å². The fourth-order valence-electron chi connectivity index (χ4n) is 2.63. The zero-order valence-electron chi connectivity index (χ0n) is 14.6. The van der Waals surface area contributed by atoms with Crippen molar-refractivity contribution in [3.8, 4) is 0 Å². The molecule has 1 aliphatic heterocycles. The van der Waals surface area contributed by atoms with Crippen LogP contribution in [0.3, 0.4) is 0 Å². The standard InChI is InChI=1S/C17H31NO5S/c1-2-3-4-5-6-7-8-9-10-11-12-24(21,22)18-14-15-13-16(19)23-17(15)20/h13,17-18,20H,2-12,14H2,1H3. The number of sulfonamides is 1. The van der Waals surface area contributed by atoms with Crippen molar-refractivity contribution in [3.63, 3.8) is 0 Å². The van der Waals surface area contributed by atoms with E-state index in [2.05, 4.69) is 16.4 Å². The zero-order valence-corrected chi connectivity index (χ0v) is 15.4. The Balaban J connectivity index is 2.03. The highest BCUT2D eigenvalue weighted by Gasteiger charge is 2.24. The molecule has 1 unspecified atom stereocenters. The summed E-state index contributed by atoms with van der Waals surface area (Å²) in [5.74, 6) is -0.576. The van der Waals surface area contributed by atoms with E-state index in [1.54, 1.807) is 0 Å². The lowest BCUT2D eigenvalue weighted by Gasteiger charge is -2.09. The molecule has 0 aromatic heterocycles. The summed E-state index contributed by atoms with van der Waals surface area (Å²) in [6.45, 7) is 2.12. The summed E-state index contributed by atoms with van der Waals surface area (Å²) in [5.41, 5.74) is 0.242. The van der Waals surface area contributed by atoms with Crippen LogP contribution in [-0.4, -0.2) is 38.1 Å². The van der Waals surface area contributed by atoms with Crippen LogP contribution in [0.1, 0.15) is 71.1 Å². The molecule has 0 spiro atoms. The number of carbonyl (C=O) groups is 1. The number of ether oxygens (including phenoxy) is 1. The predicted molar refractivity (Wildman–Crippen MR) is 93.8 cm³/mol. The number of rotatable bonds is 14. The van der Waals surface area contributed by atoms with Crippen LogP contribution in [0, 0.1) is 0 Å². The van der Waals surface area contributed by atoms with Gasteiger partial charge in [-0.3, -0.25) is 0 Å². The number of aliphatic hydroxyl groups is 1. The molecule has 0 aromatic rings. The number of unbranched alkanes of at least 4 members (excludes halogenated alkanes) is 9. The van der Waals surface area contributed by atoms with Gasteiger partial charge < -0.3 is 9.84 Å². The normalized spacial score (nSPS) is 17.8. The highest BCUT2D eigenvalue weighted by molar-refractivity contribution is 7.89. The van der Waals surface area contributed by atoms with Gasteiger partial charge in [-0.05, 0) is 6.42 Å². The maximum atomic E-state index is 11.9. The summed E-state index contributed by atoms with van der Waals surface area (Å²) in [7, 11) is -3.39. The van der Waals surface area contributed by atoms with Crippen molar-refractivity contribution in [1.82, 2.24) is 4.72 Å². The molecule has 0 aliphatic carbocycles. The lowest BCUT2D eigenvalue weighted by molar-refractivity contribution is -0.151. The summed E-state index contributed by atoms with van der Waals surface area (Å²) in [6.07, 6.45) is 11.3. The monoisotopic (exact) mass is 361 g/mol. The second-order valence-corrected chi connectivity index (χ2v) is 8.26. The van der Waals surface area contributed by atoms with Crippen molar-refractivity contribution in [3.05, 3.63) is 11.6 Å². The first-order valence-corrected chi connectivity index (χ1v) is 10.7. The molecule has 24 heavy (non-hydrogen) atoms. The minimum Gasteiger partial charge on any atom is -0.429 e. The average Bonchev–Trinajstić information content (AvgIpc) is 2.85. The smallest absolute Gasteiger partial charge is 0.333 e. The summed E-state index contributed by atoms with van der Waals surface area (Å²) in [5, 5.41) is 9.37. The lowest BCUT2D eigenvalue weighted by atomic mass is 10.1. The topological polar surface area (TPSA) is 92.7 Å². The molecule has 0 aromatic carbocycles. The number of carbonyl (C=O) groups excluding carboxylic acids is 1. The first kappa shape index (κ1) is 21.1. The Labute approximate surface area is 145 Å². The minimum atomic E-state index is -3.39. The lowest BCUT2D eigenvalue weighted by Crippen LogP contribution is -2.30. The van der Waals surface area contributed by atoms with E-state index in [0.29, 0.717) is 6.42 Å². The van der Waals surface area contributed by atoms with Gasteiger partial charge in [0.25, 0.3) is 0 Å². The highest BCUT2D eigenvalue weighted by Crippen LogP contribution is 2.13. The summed E-state index contributed by atoms with van der Waals surface area (Å²) < 4.78 is 30.6. The molecule has 1 atom stereocenters. The molecule has 1 aliphatic rings. The molecule has 0 saturated carbocycles. The third-order valence-electron chi connectivity index (χ3n) is 4.11. The molecule has 1 rings (SSSR count). The van der Waals surface area contributed by atoms with Gasteiger partial charge in [0.15, 0.2) is 0 Å². The Hall–Kier alpha value is -0.920. The molecule has 0 fully saturated rings. The van der Waals surface area contributed by atoms with E-state index in [-0.39, 0.29) is 17.9 Å². The third kappa shape index (κ3) is 9.39. The van der Waals surface area contributed by atoms with E-state index in [0.717, 1.165) is 25.3 Å². The quantitative estimate of drug-likeness (QED) is 0.366. The van der Waals surface area contributed by atoms with Gasteiger partial charge in [-0.2, -0.15) is 0 Å². The molecule has 0 saturated heterocycles. The van der Waals surface area contributed by atoms with E-state index >= 15 is 0 Å². The fraction of sp³-hybridized carbons (Fsp3) is 0.824. The number of esters is 1. The second-order valence-electron chi connectivity index (χ2n) is 6.33. The predicted octanol–water partition coefficient (Wildman–Crippen LogP) is 2.63. The van der Waals surface area contributed by atoms with Crippen LogP contribution in [0.2, 0.25) is 0 Å². The number of hydrogen-bond donors (Lipinski definition) is 2. The number of hydrogen-bond acceptors (Lipinski definition) is 5. The number of cyclic esters (lactones) is 1. The molecule has 0 amide bonds. The van der Waals surface area contributed by atoms with Crippen LogP contribution in [-0.2, 0) is 19.6 Å². The Morgan fingerprint density at radius 1 is 1.04 bits per heavy atom. The first-order valence-electron chi connectivity index (χ1n) is 9.01. The maximum Gasteiger partial charge on any atom is 0.333 e. The van der Waals surface area contributed by atoms with Gasteiger partial charge in [0.05, 0.1) is 5.75 Å². The Morgan fingerprint density at radius 2 is 1.58 bits per heavy atom. The molecule has 2 N–H and O–H groups in total. The van der Waals surface area contributed by atoms with Crippen LogP contribution < -0.4 is 4.72 Å². The molecular weight excluding hydrogens is 330 g/mol. The summed E-state index contributed by atoms with van der Waals surface area (Å²) in [4.78, 5) is 10.9. The number of aliphatic hydroxyl groups excluding tert-OH is 1. The maximum absolute atomic E-state index is 11.9. The van der Waals surface area contributed by atoms with Gasteiger partial charge in [0, 0.05) is 18.2 Å². The number of nitrogens with one attached hydrogen (secondary N) is 1. The Kier molecular flexibility index (Phi) is 10.2. The average molecular weight is 362 g/mol. The molecule has 1 heterocycles. The molecule has 0 bridgehead atoms. The molecule has 7 heteroatoms. The Morgan fingerprint density at radius 3 is 2.08 bits per heavy atom. The molecule has 0 radical (unpaired) electrons. The van der Waals surface area contributed by atoms with Crippen LogP contribution in [0.25, 0.3) is 0 Å². The largest absolute Gasteiger partial charge is 0.429 e. The molecular formula is C17H31NO5S. The third-order valence-corrected chi connectivity index (χ3v) is 5.52. The second kappa shape index (κ2) is 11.6. The van der Waals surface area contributed by atoms with E-state index in [9.17, 15) is 18.3 Å². The van der Waals surface area contributed by atoms with Gasteiger partial charge in [-0.1, -0.05) is 64.7 Å². The fourth-order valence-corrected chi connectivity index (χ4v) is 3.74. The summed E-state index contributed by atoms with van der Waals surface area (Å²) in [6, 6.07) is 0. The van der Waals surface area contributed by atoms with Crippen LogP contribution >= 0.6 is 0 Å². The van der Waals surface area contributed by atoms with Gasteiger partial charge in [0.2, 0.25) is 16.3 Å². The highest BCUT2D eigenvalue weighted by atomic mass is 32.2. The van der Waals surface area contributed by atoms with Crippen molar-refractivity contribution in [2.45, 2.75) is 77.4 Å². The van der Waals surface area contributed by atoms with Crippen molar-refractivity contribution in [1.29, 1.82) is 0 Å². The van der Waals surface area contributed by atoms with Gasteiger partial charge in [-0.25, -0.2) is 17.9 Å². The van der Waals surface area contributed by atoms with E-state index in [4.69, 9.17) is 0 Å². The zero-order chi connectivity index (χ0) is 17.8. The van der Waals surface area contributed by atoms with Crippen LogP contribution in [0.4, 0.5) is 0 Å². The SMILES string of the molecule is CCCCCCCCCCCCS(=O)(=O)NCC1=CC(=O)OC1O. The molecule has 6 nitrogen and oxygen atoms in total. The first-order chi connectivity index (χ1) is 11.4. The van der Waals surface area contributed by atoms with Gasteiger partial charge in [0.1, 0.15) is 0 Å². The van der Waals surface area contributed by atoms with Crippen LogP contribution in [0.5, 0.6) is 0 Å². The Bertz CT molecular complexity index is 501. The van der Waals surface area contributed by atoms with Gasteiger partial charge in [-0.15, -0.1) is 0 Å². The van der Waals surface area contributed by atoms with Crippen molar-refractivity contribution in [2.75, 3.05) is 12.3 Å². The van der Waals surface area contributed by atoms with Crippen molar-refractivity contribution < 1.29 is 23.1 Å². The molecule has 140 valence electrons. The van der Waals surface area contributed by atoms with Crippen molar-refractivity contribution in [2.24, 2.45) is 0 Å². The van der Waals surface area contributed by atoms with E-state index in [1.807, 2.05) is 0 Å². The minimum absolute atomic E-state index is 0.0711.